The van der Waals surface area contributed by atoms with Gasteiger partial charge in [-0.1, -0.05) is 140 Å². The highest BCUT2D eigenvalue weighted by Crippen LogP contribution is 2.42. The maximum absolute atomic E-state index is 9.46. The van der Waals surface area contributed by atoms with Crippen molar-refractivity contribution >= 4 is 44.1 Å². The molecule has 0 saturated heterocycles. The summed E-state index contributed by atoms with van der Waals surface area (Å²) in [6, 6.07) is 50.7. The molecule has 0 amide bonds. The van der Waals surface area contributed by atoms with Gasteiger partial charge in [0.2, 0.25) is 0 Å². The van der Waals surface area contributed by atoms with E-state index in [-0.39, 0.29) is 12.1 Å². The lowest BCUT2D eigenvalue weighted by molar-refractivity contribution is 0.756. The molecule has 0 radical (unpaired) electrons. The number of nitrogens with one attached hydrogen (secondary N) is 1. The van der Waals surface area contributed by atoms with Gasteiger partial charge in [-0.05, 0) is 46.5 Å². The number of pyridine rings is 1. The SMILES string of the molecule is N#CC1=CCC(c2cc3c(-c4ccc(C5=NC(c6ccccc6)N=C(c6ccccc6)N5)cc4)nc4ccccc4c3c3ccccc23)C=C1. The average Bonchev–Trinajstić information content (AvgIpc) is 3.20. The van der Waals surface area contributed by atoms with E-state index >= 15 is 0 Å². The molecule has 1 aromatic heterocycles. The Bertz CT molecular complexity index is 2590. The van der Waals surface area contributed by atoms with E-state index in [1.165, 1.54) is 21.7 Å². The molecule has 2 atom stereocenters. The van der Waals surface area contributed by atoms with Crippen LogP contribution in [0, 0.1) is 11.3 Å². The van der Waals surface area contributed by atoms with Crippen molar-refractivity contribution < 1.29 is 0 Å². The molecule has 0 bridgehead atoms. The highest BCUT2D eigenvalue weighted by Gasteiger charge is 2.22. The third-order valence-corrected chi connectivity index (χ3v) is 9.68. The van der Waals surface area contributed by atoms with Crippen molar-refractivity contribution in [2.45, 2.75) is 18.5 Å². The Balaban J connectivity index is 1.18. The van der Waals surface area contributed by atoms with Crippen LogP contribution in [-0.4, -0.2) is 16.7 Å². The number of rotatable bonds is 5. The van der Waals surface area contributed by atoms with Crippen LogP contribution >= 0.6 is 0 Å². The summed E-state index contributed by atoms with van der Waals surface area (Å²) in [7, 11) is 0. The van der Waals surface area contributed by atoms with Crippen molar-refractivity contribution in [3.05, 3.63) is 186 Å². The van der Waals surface area contributed by atoms with Gasteiger partial charge in [-0.25, -0.2) is 15.0 Å². The van der Waals surface area contributed by atoms with Gasteiger partial charge in [0.1, 0.15) is 11.7 Å². The maximum atomic E-state index is 9.46. The second-order valence-corrected chi connectivity index (χ2v) is 12.7. The first-order valence-electron chi connectivity index (χ1n) is 16.9. The van der Waals surface area contributed by atoms with Crippen molar-refractivity contribution in [3.63, 3.8) is 0 Å². The van der Waals surface area contributed by atoms with E-state index in [0.717, 1.165) is 62.3 Å². The Kier molecular flexibility index (Phi) is 7.33. The highest BCUT2D eigenvalue weighted by molar-refractivity contribution is 6.23. The van der Waals surface area contributed by atoms with Crippen LogP contribution in [0.2, 0.25) is 0 Å². The van der Waals surface area contributed by atoms with Gasteiger partial charge < -0.3 is 5.32 Å². The summed E-state index contributed by atoms with van der Waals surface area (Å²) in [6.07, 6.45) is 6.59. The number of aliphatic imine (C=N–C) groups is 2. The predicted molar refractivity (Wildman–Crippen MR) is 204 cm³/mol. The van der Waals surface area contributed by atoms with Gasteiger partial charge in [0.25, 0.3) is 0 Å². The second-order valence-electron chi connectivity index (χ2n) is 12.7. The van der Waals surface area contributed by atoms with Gasteiger partial charge in [-0.15, -0.1) is 0 Å². The quantitative estimate of drug-likeness (QED) is 0.190. The average molecular weight is 642 g/mol. The molecule has 7 aromatic rings. The van der Waals surface area contributed by atoms with Crippen LogP contribution in [0.3, 0.4) is 0 Å². The van der Waals surface area contributed by atoms with Crippen LogP contribution < -0.4 is 5.32 Å². The van der Waals surface area contributed by atoms with E-state index in [2.05, 4.69) is 121 Å². The van der Waals surface area contributed by atoms with E-state index in [1.54, 1.807) is 0 Å². The summed E-state index contributed by atoms with van der Waals surface area (Å²) in [4.78, 5) is 15.4. The van der Waals surface area contributed by atoms with Crippen LogP contribution in [0.1, 0.15) is 40.8 Å². The molecule has 0 spiro atoms. The summed E-state index contributed by atoms with van der Waals surface area (Å²) >= 11 is 0. The van der Waals surface area contributed by atoms with Crippen molar-refractivity contribution in [2.75, 3.05) is 0 Å². The molecule has 5 heteroatoms. The van der Waals surface area contributed by atoms with Crippen molar-refractivity contribution in [1.82, 2.24) is 10.3 Å². The zero-order valence-corrected chi connectivity index (χ0v) is 27.2. The molecular weight excluding hydrogens is 611 g/mol. The Labute approximate surface area is 290 Å². The minimum absolute atomic E-state index is 0.163. The molecule has 2 aliphatic rings. The molecule has 2 heterocycles. The maximum Gasteiger partial charge on any atom is 0.169 e. The number of aromatic nitrogens is 1. The molecule has 0 fully saturated rings. The first-order chi connectivity index (χ1) is 24.7. The first-order valence-corrected chi connectivity index (χ1v) is 16.9. The minimum atomic E-state index is -0.354. The Morgan fingerprint density at radius 3 is 1.94 bits per heavy atom. The second kappa shape index (κ2) is 12.4. The Hall–Kier alpha value is -6.64. The van der Waals surface area contributed by atoms with E-state index in [4.69, 9.17) is 15.0 Å². The van der Waals surface area contributed by atoms with E-state index in [9.17, 15) is 5.26 Å². The van der Waals surface area contributed by atoms with Crippen LogP contribution in [0.5, 0.6) is 0 Å². The monoisotopic (exact) mass is 641 g/mol. The molecule has 5 nitrogen and oxygen atoms in total. The molecule has 1 aliphatic heterocycles. The van der Waals surface area contributed by atoms with Crippen LogP contribution in [0.15, 0.2) is 173 Å². The molecule has 6 aromatic carbocycles. The zero-order valence-electron chi connectivity index (χ0n) is 27.2. The van der Waals surface area contributed by atoms with Crippen molar-refractivity contribution in [2.24, 2.45) is 9.98 Å². The number of nitrogens with zero attached hydrogens (tertiary/aromatic N) is 4. The predicted octanol–water partition coefficient (Wildman–Crippen LogP) is 10.2. The fraction of sp³-hybridized carbons (Fsp3) is 0.0667. The lowest BCUT2D eigenvalue weighted by atomic mass is 9.84. The number of para-hydroxylation sites is 1. The Morgan fingerprint density at radius 2 is 1.24 bits per heavy atom. The third-order valence-electron chi connectivity index (χ3n) is 9.68. The summed E-state index contributed by atoms with van der Waals surface area (Å²) in [6.45, 7) is 0. The Morgan fingerprint density at radius 1 is 0.620 bits per heavy atom. The van der Waals surface area contributed by atoms with Gasteiger partial charge in [0.15, 0.2) is 6.17 Å². The molecule has 50 heavy (non-hydrogen) atoms. The lowest BCUT2D eigenvalue weighted by Crippen LogP contribution is -2.36. The number of hydrogen-bond donors (Lipinski definition) is 1. The molecule has 1 N–H and O–H groups in total. The smallest absolute Gasteiger partial charge is 0.169 e. The number of benzene rings is 6. The first kappa shape index (κ1) is 29.5. The van der Waals surface area contributed by atoms with Gasteiger partial charge >= 0.3 is 0 Å². The largest absolute Gasteiger partial charge is 0.324 e. The van der Waals surface area contributed by atoms with Crippen molar-refractivity contribution in [1.29, 1.82) is 5.26 Å². The summed E-state index contributed by atoms with van der Waals surface area (Å²) in [5, 5.41) is 18.9. The summed E-state index contributed by atoms with van der Waals surface area (Å²) in [5.74, 6) is 1.73. The molecule has 2 unspecified atom stereocenters. The number of nitriles is 1. The number of amidine groups is 2. The fourth-order valence-corrected chi connectivity index (χ4v) is 7.20. The normalized spacial score (nSPS) is 17.1. The lowest BCUT2D eigenvalue weighted by Gasteiger charge is -2.22. The molecule has 0 saturated carbocycles. The topological polar surface area (TPSA) is 73.4 Å². The standard InChI is InChI=1S/C45H31N5/c46-28-29-19-21-30(22-20-29)38-27-39-41(36-16-8-7-15-35(36)38)37-17-9-10-18-40(37)47-42(39)31-23-25-34(26-24-31)45-49-43(32-11-3-1-4-12-32)48-44(50-45)33-13-5-2-6-14-33/h1-21,23-27,30,43H,22H2,(H,48,49,50). The summed E-state index contributed by atoms with van der Waals surface area (Å²) in [5.41, 5.74) is 7.92. The van der Waals surface area contributed by atoms with Crippen LogP contribution in [0.25, 0.3) is 43.7 Å². The number of fused-ring (bicyclic) bond motifs is 5. The molecular formula is C45H31N5. The number of hydrogen-bond acceptors (Lipinski definition) is 5. The van der Waals surface area contributed by atoms with E-state index in [1.807, 2.05) is 48.6 Å². The van der Waals surface area contributed by atoms with E-state index in [0.29, 0.717) is 5.57 Å². The molecule has 236 valence electrons. The fourth-order valence-electron chi connectivity index (χ4n) is 7.20. The zero-order chi connectivity index (χ0) is 33.4. The summed E-state index contributed by atoms with van der Waals surface area (Å²) < 4.78 is 0. The van der Waals surface area contributed by atoms with Crippen LogP contribution in [0.4, 0.5) is 0 Å². The van der Waals surface area contributed by atoms with Gasteiger partial charge in [0, 0.05) is 44.3 Å². The third kappa shape index (κ3) is 5.24. The molecule has 1 aliphatic carbocycles. The van der Waals surface area contributed by atoms with Crippen LogP contribution in [-0.2, 0) is 0 Å². The number of allylic oxidation sites excluding steroid dienone is 4. The van der Waals surface area contributed by atoms with Gasteiger partial charge in [-0.2, -0.15) is 5.26 Å². The van der Waals surface area contributed by atoms with E-state index < -0.39 is 0 Å². The molecule has 9 rings (SSSR count). The van der Waals surface area contributed by atoms with Crippen molar-refractivity contribution in [3.8, 4) is 17.3 Å². The highest BCUT2D eigenvalue weighted by atomic mass is 15.2. The van der Waals surface area contributed by atoms with Gasteiger partial charge in [0.05, 0.1) is 17.3 Å². The van der Waals surface area contributed by atoms with Gasteiger partial charge in [-0.3, -0.25) is 0 Å². The minimum Gasteiger partial charge on any atom is -0.324 e.